The first kappa shape index (κ1) is 19.2. The number of carbonyl (C=O) groups excluding carboxylic acids is 1. The van der Waals surface area contributed by atoms with Gasteiger partial charge in [0.05, 0.1) is 17.1 Å². The summed E-state index contributed by atoms with van der Waals surface area (Å²) >= 11 is 6.29. The number of para-hydroxylation sites is 1. The van der Waals surface area contributed by atoms with E-state index < -0.39 is 0 Å². The summed E-state index contributed by atoms with van der Waals surface area (Å²) in [4.78, 5) is 17.0. The van der Waals surface area contributed by atoms with Crippen LogP contribution in [0.1, 0.15) is 10.5 Å². The first-order valence-corrected chi connectivity index (χ1v) is 9.27. The van der Waals surface area contributed by atoms with Crippen LogP contribution < -0.4 is 0 Å². The molecule has 1 fully saturated rings. The van der Waals surface area contributed by atoms with Gasteiger partial charge < -0.3 is 24.6 Å². The van der Waals surface area contributed by atoms with Gasteiger partial charge in [-0.15, -0.1) is 0 Å². The van der Waals surface area contributed by atoms with Gasteiger partial charge >= 0.3 is 0 Å². The topological polar surface area (TPSA) is 68.9 Å². The number of likely N-dealkylation sites (N-methyl/N-ethyl adjacent to an activating group) is 1. The van der Waals surface area contributed by atoms with Crippen LogP contribution in [0.4, 0.5) is 0 Å². The van der Waals surface area contributed by atoms with E-state index in [1.807, 2.05) is 52.7 Å². The van der Waals surface area contributed by atoms with Crippen LogP contribution in [-0.4, -0.2) is 76.9 Å². The number of halogens is 1. The largest absolute Gasteiger partial charge is 0.396 e. The van der Waals surface area contributed by atoms with E-state index in [9.17, 15) is 9.90 Å². The van der Waals surface area contributed by atoms with Crippen LogP contribution >= 0.6 is 11.6 Å². The molecule has 2 atom stereocenters. The Balaban J connectivity index is 1.80. The molecule has 1 saturated heterocycles. The Morgan fingerprint density at radius 2 is 2.04 bits per heavy atom. The van der Waals surface area contributed by atoms with Gasteiger partial charge in [0.15, 0.2) is 0 Å². The fourth-order valence-electron chi connectivity index (χ4n) is 3.91. The van der Waals surface area contributed by atoms with Crippen LogP contribution in [0.15, 0.2) is 24.3 Å². The number of benzene rings is 1. The van der Waals surface area contributed by atoms with Crippen molar-refractivity contribution in [1.82, 2.24) is 14.4 Å². The standard InChI is InChI=1S/C19H26ClN3O3/c1-21(6-7-24)9-14-10-23(11-15(14)12-25)19(26)17-8-13-4-3-5-16(20)18(13)22(17)2/h3-5,8,14-15,24-25H,6-7,9-12H2,1-2H3/t14-,15-/m1/s1. The van der Waals surface area contributed by atoms with Crippen LogP contribution in [-0.2, 0) is 7.05 Å². The van der Waals surface area contributed by atoms with Gasteiger partial charge in [0.2, 0.25) is 0 Å². The molecule has 1 aromatic carbocycles. The first-order chi connectivity index (χ1) is 12.5. The van der Waals surface area contributed by atoms with Crippen molar-refractivity contribution in [2.45, 2.75) is 0 Å². The lowest BCUT2D eigenvalue weighted by molar-refractivity contribution is 0.0770. The van der Waals surface area contributed by atoms with Crippen molar-refractivity contribution < 1.29 is 15.0 Å². The van der Waals surface area contributed by atoms with Crippen molar-refractivity contribution in [3.63, 3.8) is 0 Å². The smallest absolute Gasteiger partial charge is 0.270 e. The summed E-state index contributed by atoms with van der Waals surface area (Å²) in [5, 5.41) is 20.4. The molecule has 1 aliphatic heterocycles. The number of hydrogen-bond donors (Lipinski definition) is 2. The number of aliphatic hydroxyl groups excluding tert-OH is 2. The normalized spacial score (nSPS) is 20.5. The summed E-state index contributed by atoms with van der Waals surface area (Å²) in [6, 6.07) is 7.53. The number of rotatable bonds is 6. The second-order valence-electron chi connectivity index (χ2n) is 7.16. The molecule has 6 nitrogen and oxygen atoms in total. The number of aliphatic hydroxyl groups is 2. The number of aromatic nitrogens is 1. The van der Waals surface area contributed by atoms with Gasteiger partial charge in [-0.2, -0.15) is 0 Å². The Hall–Kier alpha value is -1.60. The van der Waals surface area contributed by atoms with Crippen LogP contribution in [0.2, 0.25) is 5.02 Å². The highest BCUT2D eigenvalue weighted by Gasteiger charge is 2.36. The van der Waals surface area contributed by atoms with Crippen molar-refractivity contribution in [3.05, 3.63) is 35.0 Å². The van der Waals surface area contributed by atoms with Crippen LogP contribution in [0.25, 0.3) is 10.9 Å². The number of fused-ring (bicyclic) bond motifs is 1. The van der Waals surface area contributed by atoms with Crippen LogP contribution in [0.5, 0.6) is 0 Å². The maximum atomic E-state index is 13.1. The summed E-state index contributed by atoms with van der Waals surface area (Å²) in [6.45, 7) is 2.65. The third-order valence-corrected chi connectivity index (χ3v) is 5.66. The molecular formula is C19H26ClN3O3. The SMILES string of the molecule is CN(CCO)C[C@@H]1CN(C(=O)c2cc3cccc(Cl)c3n2C)C[C@@H]1CO. The highest BCUT2D eigenvalue weighted by atomic mass is 35.5. The molecular weight excluding hydrogens is 354 g/mol. The van der Waals surface area contributed by atoms with E-state index >= 15 is 0 Å². The average molecular weight is 380 g/mol. The Morgan fingerprint density at radius 3 is 2.69 bits per heavy atom. The number of carbonyl (C=O) groups is 1. The minimum atomic E-state index is -0.0365. The Bertz CT molecular complexity index is 792. The lowest BCUT2D eigenvalue weighted by atomic mass is 9.96. The third kappa shape index (κ3) is 3.60. The fourth-order valence-corrected chi connectivity index (χ4v) is 4.22. The van der Waals surface area contributed by atoms with E-state index in [0.717, 1.165) is 17.4 Å². The van der Waals surface area contributed by atoms with E-state index in [2.05, 4.69) is 0 Å². The molecule has 0 aliphatic carbocycles. The van der Waals surface area contributed by atoms with Gasteiger partial charge in [0, 0.05) is 51.1 Å². The van der Waals surface area contributed by atoms with Crippen molar-refractivity contribution in [1.29, 1.82) is 0 Å². The highest BCUT2D eigenvalue weighted by Crippen LogP contribution is 2.29. The molecule has 2 heterocycles. The van der Waals surface area contributed by atoms with Gasteiger partial charge in [-0.3, -0.25) is 4.79 Å². The summed E-state index contributed by atoms with van der Waals surface area (Å²) in [5.74, 6) is 0.211. The minimum absolute atomic E-state index is 0.0365. The van der Waals surface area contributed by atoms with E-state index in [1.165, 1.54) is 0 Å². The fraction of sp³-hybridized carbons (Fsp3) is 0.526. The lowest BCUT2D eigenvalue weighted by Crippen LogP contribution is -2.33. The summed E-state index contributed by atoms with van der Waals surface area (Å²) in [7, 11) is 3.80. The van der Waals surface area contributed by atoms with Gasteiger partial charge in [0.25, 0.3) is 5.91 Å². The van der Waals surface area contributed by atoms with Gasteiger partial charge in [-0.05, 0) is 25.1 Å². The van der Waals surface area contributed by atoms with E-state index in [-0.39, 0.29) is 31.0 Å². The van der Waals surface area contributed by atoms with Crippen molar-refractivity contribution >= 4 is 28.4 Å². The second kappa shape index (κ2) is 7.96. The van der Waals surface area contributed by atoms with E-state index in [0.29, 0.717) is 30.4 Å². The molecule has 2 aromatic rings. The first-order valence-electron chi connectivity index (χ1n) is 8.89. The Morgan fingerprint density at radius 1 is 1.31 bits per heavy atom. The molecule has 142 valence electrons. The second-order valence-corrected chi connectivity index (χ2v) is 7.57. The number of amides is 1. The van der Waals surface area contributed by atoms with Crippen molar-refractivity contribution in [2.24, 2.45) is 18.9 Å². The third-order valence-electron chi connectivity index (χ3n) is 5.35. The van der Waals surface area contributed by atoms with Crippen LogP contribution in [0.3, 0.4) is 0 Å². The molecule has 3 rings (SSSR count). The molecule has 2 N–H and O–H groups in total. The molecule has 1 amide bonds. The summed E-state index contributed by atoms with van der Waals surface area (Å²) in [6.07, 6.45) is 0. The van der Waals surface area contributed by atoms with Crippen LogP contribution in [0, 0.1) is 11.8 Å². The monoisotopic (exact) mass is 379 g/mol. The molecule has 0 spiro atoms. The number of aryl methyl sites for hydroxylation is 1. The van der Waals surface area contributed by atoms with E-state index in [1.54, 1.807) is 0 Å². The van der Waals surface area contributed by atoms with Gasteiger partial charge in [-0.1, -0.05) is 23.7 Å². The molecule has 1 aliphatic rings. The summed E-state index contributed by atoms with van der Waals surface area (Å²) < 4.78 is 1.85. The molecule has 26 heavy (non-hydrogen) atoms. The van der Waals surface area contributed by atoms with E-state index in [4.69, 9.17) is 16.7 Å². The Labute approximate surface area is 158 Å². The zero-order valence-electron chi connectivity index (χ0n) is 15.2. The average Bonchev–Trinajstić information content (AvgIpc) is 3.16. The quantitative estimate of drug-likeness (QED) is 0.796. The zero-order valence-corrected chi connectivity index (χ0v) is 16.0. The minimum Gasteiger partial charge on any atom is -0.396 e. The molecule has 7 heteroatoms. The molecule has 0 radical (unpaired) electrons. The predicted molar refractivity (Wildman–Crippen MR) is 102 cm³/mol. The zero-order chi connectivity index (χ0) is 18.8. The lowest BCUT2D eigenvalue weighted by Gasteiger charge is -2.23. The maximum absolute atomic E-state index is 13.1. The van der Waals surface area contributed by atoms with Gasteiger partial charge in [0.1, 0.15) is 5.69 Å². The molecule has 0 unspecified atom stereocenters. The highest BCUT2D eigenvalue weighted by molar-refractivity contribution is 6.35. The van der Waals surface area contributed by atoms with Crippen molar-refractivity contribution in [3.8, 4) is 0 Å². The van der Waals surface area contributed by atoms with Crippen molar-refractivity contribution in [2.75, 3.05) is 46.4 Å². The maximum Gasteiger partial charge on any atom is 0.270 e. The van der Waals surface area contributed by atoms with Gasteiger partial charge in [-0.25, -0.2) is 0 Å². The number of nitrogens with zero attached hydrogens (tertiary/aromatic N) is 3. The molecule has 0 saturated carbocycles. The predicted octanol–water partition coefficient (Wildman–Crippen LogP) is 1.44. The number of hydrogen-bond acceptors (Lipinski definition) is 4. The molecule has 0 bridgehead atoms. The summed E-state index contributed by atoms with van der Waals surface area (Å²) in [5.41, 5.74) is 1.46. The Kier molecular flexibility index (Phi) is 5.87. The molecule has 1 aromatic heterocycles. The number of likely N-dealkylation sites (tertiary alicyclic amines) is 1.